The molecule has 3 N–H and O–H groups in total. The first kappa shape index (κ1) is 13.4. The van der Waals surface area contributed by atoms with Gasteiger partial charge in [-0.15, -0.1) is 0 Å². The number of aryl methyl sites for hydroxylation is 1. The van der Waals surface area contributed by atoms with E-state index >= 15 is 0 Å². The fourth-order valence-corrected chi connectivity index (χ4v) is 4.19. The van der Waals surface area contributed by atoms with Crippen molar-refractivity contribution >= 4 is 15.7 Å². The zero-order chi connectivity index (χ0) is 13.4. The van der Waals surface area contributed by atoms with Crippen molar-refractivity contribution in [2.75, 3.05) is 5.73 Å². The lowest BCUT2D eigenvalue weighted by Crippen LogP contribution is -2.52. The van der Waals surface area contributed by atoms with E-state index in [1.165, 1.54) is 6.07 Å². The summed E-state index contributed by atoms with van der Waals surface area (Å²) in [5.41, 5.74) is 6.63. The minimum Gasteiger partial charge on any atom is -0.399 e. The van der Waals surface area contributed by atoms with E-state index in [0.29, 0.717) is 10.6 Å². The third-order valence-corrected chi connectivity index (χ3v) is 5.56. The van der Waals surface area contributed by atoms with Crippen molar-refractivity contribution in [2.24, 2.45) is 0 Å². The van der Waals surface area contributed by atoms with Gasteiger partial charge >= 0.3 is 0 Å². The average molecular weight is 268 g/mol. The molecule has 0 unspecified atom stereocenters. The van der Waals surface area contributed by atoms with Crippen molar-refractivity contribution in [2.45, 2.75) is 50.0 Å². The monoisotopic (exact) mass is 268 g/mol. The van der Waals surface area contributed by atoms with Crippen LogP contribution in [-0.2, 0) is 10.0 Å². The molecule has 0 spiro atoms. The van der Waals surface area contributed by atoms with E-state index in [0.717, 1.165) is 31.2 Å². The van der Waals surface area contributed by atoms with E-state index in [4.69, 9.17) is 5.73 Å². The summed E-state index contributed by atoms with van der Waals surface area (Å²) >= 11 is 0. The SMILES string of the molecule is CCC1(NS(=O)(=O)c2cc(N)ccc2C)CCC1. The lowest BCUT2D eigenvalue weighted by molar-refractivity contribution is 0.214. The predicted molar refractivity (Wildman–Crippen MR) is 72.8 cm³/mol. The van der Waals surface area contributed by atoms with Crippen LogP contribution in [0.2, 0.25) is 0 Å². The molecule has 18 heavy (non-hydrogen) atoms. The molecular weight excluding hydrogens is 248 g/mol. The number of nitrogens with one attached hydrogen (secondary N) is 1. The van der Waals surface area contributed by atoms with Crippen LogP contribution in [0.5, 0.6) is 0 Å². The molecule has 2 rings (SSSR count). The third kappa shape index (κ3) is 2.37. The summed E-state index contributed by atoms with van der Waals surface area (Å²) in [7, 11) is -3.47. The number of rotatable bonds is 4. The van der Waals surface area contributed by atoms with Crippen LogP contribution in [0.3, 0.4) is 0 Å². The molecule has 0 radical (unpaired) electrons. The number of nitrogens with two attached hydrogens (primary N) is 1. The summed E-state index contributed by atoms with van der Waals surface area (Å²) in [6.07, 6.45) is 3.76. The Hall–Kier alpha value is -1.07. The Morgan fingerprint density at radius 1 is 1.39 bits per heavy atom. The topological polar surface area (TPSA) is 72.2 Å². The second-order valence-corrected chi connectivity index (χ2v) is 6.77. The number of benzene rings is 1. The van der Waals surface area contributed by atoms with Crippen LogP contribution < -0.4 is 10.5 Å². The maximum absolute atomic E-state index is 12.4. The van der Waals surface area contributed by atoms with Crippen LogP contribution in [0, 0.1) is 6.92 Å². The van der Waals surface area contributed by atoms with Gasteiger partial charge < -0.3 is 5.73 Å². The highest BCUT2D eigenvalue weighted by atomic mass is 32.2. The summed E-state index contributed by atoms with van der Waals surface area (Å²) in [5.74, 6) is 0. The van der Waals surface area contributed by atoms with Gasteiger partial charge in [-0.2, -0.15) is 0 Å². The van der Waals surface area contributed by atoms with Gasteiger partial charge in [0.25, 0.3) is 0 Å². The fourth-order valence-electron chi connectivity index (χ4n) is 2.38. The Morgan fingerprint density at radius 3 is 2.56 bits per heavy atom. The van der Waals surface area contributed by atoms with E-state index in [1.807, 2.05) is 6.92 Å². The Kier molecular flexibility index (Phi) is 3.38. The first-order valence-corrected chi connectivity index (χ1v) is 7.77. The van der Waals surface area contributed by atoms with E-state index in [2.05, 4.69) is 4.72 Å². The van der Waals surface area contributed by atoms with Crippen molar-refractivity contribution in [3.8, 4) is 0 Å². The van der Waals surface area contributed by atoms with Gasteiger partial charge in [-0.05, 0) is 50.3 Å². The van der Waals surface area contributed by atoms with Crippen molar-refractivity contribution < 1.29 is 8.42 Å². The highest BCUT2D eigenvalue weighted by Gasteiger charge is 2.39. The molecule has 0 atom stereocenters. The lowest BCUT2D eigenvalue weighted by atomic mass is 9.76. The lowest BCUT2D eigenvalue weighted by Gasteiger charge is -2.41. The second-order valence-electron chi connectivity index (χ2n) is 5.12. The molecule has 0 heterocycles. The van der Waals surface area contributed by atoms with E-state index < -0.39 is 10.0 Å². The van der Waals surface area contributed by atoms with Crippen molar-refractivity contribution in [1.29, 1.82) is 0 Å². The van der Waals surface area contributed by atoms with Crippen LogP contribution in [0.25, 0.3) is 0 Å². The highest BCUT2D eigenvalue weighted by Crippen LogP contribution is 2.36. The standard InChI is InChI=1S/C13H20N2O2S/c1-3-13(7-4-8-13)15-18(16,17)12-9-11(14)6-5-10(12)2/h5-6,9,15H,3-4,7-8,14H2,1-2H3. The number of hydrogen-bond acceptors (Lipinski definition) is 3. The number of hydrogen-bond donors (Lipinski definition) is 2. The number of anilines is 1. The summed E-state index contributed by atoms with van der Waals surface area (Å²) in [5, 5.41) is 0. The Labute approximate surface area is 109 Å². The first-order valence-electron chi connectivity index (χ1n) is 6.29. The quantitative estimate of drug-likeness (QED) is 0.822. The van der Waals surface area contributed by atoms with Crippen LogP contribution in [-0.4, -0.2) is 14.0 Å². The normalized spacial score (nSPS) is 18.3. The molecule has 4 nitrogen and oxygen atoms in total. The van der Waals surface area contributed by atoms with E-state index in [1.54, 1.807) is 19.1 Å². The van der Waals surface area contributed by atoms with Gasteiger partial charge in [-0.25, -0.2) is 13.1 Å². The largest absolute Gasteiger partial charge is 0.399 e. The minimum absolute atomic E-state index is 0.240. The molecule has 0 saturated heterocycles. The van der Waals surface area contributed by atoms with Gasteiger partial charge in [-0.3, -0.25) is 0 Å². The summed E-state index contributed by atoms with van der Waals surface area (Å²) in [4.78, 5) is 0.294. The van der Waals surface area contributed by atoms with Crippen LogP contribution in [0.4, 0.5) is 5.69 Å². The van der Waals surface area contributed by atoms with Gasteiger partial charge in [0.2, 0.25) is 10.0 Å². The average Bonchev–Trinajstić information content (AvgIpc) is 2.27. The predicted octanol–water partition coefficient (Wildman–Crippen LogP) is 2.19. The molecule has 5 heteroatoms. The summed E-state index contributed by atoms with van der Waals surface area (Å²) in [6.45, 7) is 3.81. The minimum atomic E-state index is -3.47. The first-order chi connectivity index (χ1) is 8.38. The smallest absolute Gasteiger partial charge is 0.241 e. The molecule has 0 aliphatic heterocycles. The van der Waals surface area contributed by atoms with Crippen molar-refractivity contribution in [1.82, 2.24) is 4.72 Å². The molecule has 1 aromatic rings. The highest BCUT2D eigenvalue weighted by molar-refractivity contribution is 7.89. The zero-order valence-electron chi connectivity index (χ0n) is 10.9. The molecule has 0 bridgehead atoms. The summed E-state index contributed by atoms with van der Waals surface area (Å²) in [6, 6.07) is 4.98. The van der Waals surface area contributed by atoms with E-state index in [-0.39, 0.29) is 5.54 Å². The molecule has 1 aliphatic carbocycles. The molecule has 100 valence electrons. The number of nitrogen functional groups attached to an aromatic ring is 1. The van der Waals surface area contributed by atoms with Crippen molar-refractivity contribution in [3.63, 3.8) is 0 Å². The molecule has 0 amide bonds. The van der Waals surface area contributed by atoms with Crippen LogP contribution in [0.1, 0.15) is 38.2 Å². The van der Waals surface area contributed by atoms with Crippen molar-refractivity contribution in [3.05, 3.63) is 23.8 Å². The summed E-state index contributed by atoms with van der Waals surface area (Å²) < 4.78 is 27.7. The molecule has 0 aromatic heterocycles. The maximum Gasteiger partial charge on any atom is 0.241 e. The van der Waals surface area contributed by atoms with Gasteiger partial charge in [0.1, 0.15) is 0 Å². The van der Waals surface area contributed by atoms with Crippen LogP contribution >= 0.6 is 0 Å². The molecule has 1 saturated carbocycles. The fraction of sp³-hybridized carbons (Fsp3) is 0.538. The Morgan fingerprint density at radius 2 is 2.06 bits per heavy atom. The van der Waals surface area contributed by atoms with Gasteiger partial charge in [0.15, 0.2) is 0 Å². The zero-order valence-corrected chi connectivity index (χ0v) is 11.7. The molecule has 1 aromatic carbocycles. The van der Waals surface area contributed by atoms with E-state index in [9.17, 15) is 8.42 Å². The third-order valence-electron chi connectivity index (χ3n) is 3.84. The Bertz CT molecular complexity index is 543. The number of sulfonamides is 1. The molecular formula is C13H20N2O2S. The van der Waals surface area contributed by atoms with Crippen LogP contribution in [0.15, 0.2) is 23.1 Å². The van der Waals surface area contributed by atoms with Gasteiger partial charge in [0, 0.05) is 11.2 Å². The van der Waals surface area contributed by atoms with Gasteiger partial charge in [-0.1, -0.05) is 13.0 Å². The molecule has 1 aliphatic rings. The van der Waals surface area contributed by atoms with Gasteiger partial charge in [0.05, 0.1) is 4.90 Å². The Balaban J connectivity index is 2.33. The molecule has 1 fully saturated rings. The second kappa shape index (κ2) is 4.55. The maximum atomic E-state index is 12.4.